The lowest BCUT2D eigenvalue weighted by molar-refractivity contribution is -0.870. The van der Waals surface area contributed by atoms with Crippen LogP contribution in [0.1, 0.15) is 418 Å². The van der Waals surface area contributed by atoms with Gasteiger partial charge in [-0.3, -0.25) is 14.2 Å². The summed E-state index contributed by atoms with van der Waals surface area (Å²) in [4.78, 5) is 38.1. The summed E-state index contributed by atoms with van der Waals surface area (Å²) in [6, 6.07) is 0. The summed E-state index contributed by atoms with van der Waals surface area (Å²) in [6.07, 6.45) is 82.3. The molecule has 0 fully saturated rings. The monoisotopic (exact) mass is 1220 g/mol. The van der Waals surface area contributed by atoms with Gasteiger partial charge in [0, 0.05) is 12.8 Å². The van der Waals surface area contributed by atoms with Crippen LogP contribution >= 0.6 is 7.82 Å². The Kier molecular flexibility index (Phi) is 66.6. The highest BCUT2D eigenvalue weighted by Crippen LogP contribution is 2.38. The molecule has 0 radical (unpaired) electrons. The predicted molar refractivity (Wildman–Crippen MR) is 365 cm³/mol. The lowest BCUT2D eigenvalue weighted by Gasteiger charge is -2.28. The van der Waals surface area contributed by atoms with Crippen molar-refractivity contribution in [3.8, 4) is 0 Å². The first-order chi connectivity index (χ1) is 41.5. The number of carbonyl (C=O) groups is 2. The number of esters is 2. The molecule has 0 rings (SSSR count). The second kappa shape index (κ2) is 67.4. The molecule has 0 aromatic rings. The van der Waals surface area contributed by atoms with Crippen LogP contribution in [0.5, 0.6) is 0 Å². The molecule has 0 amide bonds. The molecule has 0 aromatic heterocycles. The fourth-order valence-corrected chi connectivity index (χ4v) is 12.7. The number of phosphoric acid groups is 1. The SMILES string of the molecule is CCCCCCCCCCCCCCCCCCCCCCCCCCCCCCCCCCCCCCCC(=O)OC(COC(=O)CCCCCCCCCCCCCCCCCCCCCCCCCC)COP(=O)([O-])OCC[N+](C)(C)C. The smallest absolute Gasteiger partial charge is 0.306 e. The Balaban J connectivity index is 3.88. The molecule has 2 atom stereocenters. The van der Waals surface area contributed by atoms with E-state index in [-0.39, 0.29) is 32.0 Å². The van der Waals surface area contributed by atoms with Crippen molar-refractivity contribution in [3.05, 3.63) is 0 Å². The number of hydrogen-bond donors (Lipinski definition) is 0. The highest BCUT2D eigenvalue weighted by atomic mass is 31.2. The van der Waals surface area contributed by atoms with E-state index >= 15 is 0 Å². The van der Waals surface area contributed by atoms with Crippen molar-refractivity contribution in [2.75, 3.05) is 47.5 Å². The Morgan fingerprint density at radius 2 is 0.529 bits per heavy atom. The standard InChI is InChI=1S/C75H150NO8P/c1-6-8-10-12-14-16-18-20-22-24-26-28-30-32-33-34-35-36-37-38-39-40-41-42-43-44-46-48-50-52-54-56-58-60-62-64-66-68-75(78)84-73(72-83-85(79,80)82-70-69-76(3,4)5)71-81-74(77)67-65-63-61-59-57-55-53-51-49-47-45-31-29-27-25-23-21-19-17-15-13-11-9-7-2/h73H,6-72H2,1-5H3. The van der Waals surface area contributed by atoms with Gasteiger partial charge in [-0.15, -0.1) is 0 Å². The van der Waals surface area contributed by atoms with Crippen LogP contribution in [0.25, 0.3) is 0 Å². The summed E-state index contributed by atoms with van der Waals surface area (Å²) in [5.41, 5.74) is 0. The number of hydrogen-bond acceptors (Lipinski definition) is 8. The minimum absolute atomic E-state index is 0.0247. The molecule has 85 heavy (non-hydrogen) atoms. The van der Waals surface area contributed by atoms with Crippen molar-refractivity contribution in [2.24, 2.45) is 0 Å². The number of phosphoric ester groups is 1. The molecule has 0 N–H and O–H groups in total. The second-order valence-electron chi connectivity index (χ2n) is 27.7. The lowest BCUT2D eigenvalue weighted by atomic mass is 10.0. The van der Waals surface area contributed by atoms with Gasteiger partial charge in [0.2, 0.25) is 0 Å². The van der Waals surface area contributed by atoms with Gasteiger partial charge in [0.1, 0.15) is 19.8 Å². The van der Waals surface area contributed by atoms with Gasteiger partial charge in [0.05, 0.1) is 27.7 Å². The van der Waals surface area contributed by atoms with Crippen molar-refractivity contribution in [3.63, 3.8) is 0 Å². The minimum Gasteiger partial charge on any atom is -0.756 e. The zero-order valence-electron chi connectivity index (χ0n) is 58.1. The molecular weight excluding hydrogens is 1070 g/mol. The maximum absolute atomic E-state index is 12.9. The number of quaternary nitrogens is 1. The van der Waals surface area contributed by atoms with Crippen LogP contribution in [0.4, 0.5) is 0 Å². The summed E-state index contributed by atoms with van der Waals surface area (Å²) in [5, 5.41) is 0. The molecule has 0 aromatic carbocycles. The molecule has 508 valence electrons. The fourth-order valence-electron chi connectivity index (χ4n) is 12.0. The lowest BCUT2D eigenvalue weighted by Crippen LogP contribution is -2.37. The van der Waals surface area contributed by atoms with E-state index in [1.54, 1.807) is 0 Å². The minimum atomic E-state index is -4.64. The first-order valence-electron chi connectivity index (χ1n) is 38.2. The first kappa shape index (κ1) is 84.0. The van der Waals surface area contributed by atoms with Crippen molar-refractivity contribution in [1.29, 1.82) is 0 Å². The summed E-state index contributed by atoms with van der Waals surface area (Å²) in [7, 11) is 1.20. The van der Waals surface area contributed by atoms with Crippen LogP contribution in [0.2, 0.25) is 0 Å². The molecule has 2 unspecified atom stereocenters. The van der Waals surface area contributed by atoms with Crippen LogP contribution < -0.4 is 4.89 Å². The van der Waals surface area contributed by atoms with Gasteiger partial charge in [-0.2, -0.15) is 0 Å². The van der Waals surface area contributed by atoms with Gasteiger partial charge in [-0.25, -0.2) is 0 Å². The van der Waals surface area contributed by atoms with Crippen LogP contribution in [0.15, 0.2) is 0 Å². The molecular formula is C75H150NO8P. The third kappa shape index (κ3) is 72.0. The zero-order valence-corrected chi connectivity index (χ0v) is 59.0. The molecule has 0 aliphatic heterocycles. The van der Waals surface area contributed by atoms with E-state index in [1.807, 2.05) is 21.1 Å². The van der Waals surface area contributed by atoms with Gasteiger partial charge in [0.15, 0.2) is 6.10 Å². The van der Waals surface area contributed by atoms with Crippen molar-refractivity contribution < 1.29 is 42.1 Å². The third-order valence-electron chi connectivity index (χ3n) is 17.9. The van der Waals surface area contributed by atoms with E-state index in [0.717, 1.165) is 32.1 Å². The van der Waals surface area contributed by atoms with Crippen LogP contribution in [-0.4, -0.2) is 70.0 Å². The van der Waals surface area contributed by atoms with Gasteiger partial charge in [-0.05, 0) is 12.8 Å². The van der Waals surface area contributed by atoms with Gasteiger partial charge in [-0.1, -0.05) is 393 Å². The van der Waals surface area contributed by atoms with Crippen molar-refractivity contribution >= 4 is 19.8 Å². The van der Waals surface area contributed by atoms with E-state index in [0.29, 0.717) is 17.4 Å². The average molecular weight is 1220 g/mol. The van der Waals surface area contributed by atoms with Gasteiger partial charge < -0.3 is 27.9 Å². The topological polar surface area (TPSA) is 111 Å². The molecule has 0 spiro atoms. The molecule has 0 aliphatic rings. The summed E-state index contributed by atoms with van der Waals surface area (Å²) >= 11 is 0. The number of carbonyl (C=O) groups excluding carboxylic acids is 2. The van der Waals surface area contributed by atoms with E-state index in [4.69, 9.17) is 18.5 Å². The predicted octanol–water partition coefficient (Wildman–Crippen LogP) is 24.3. The van der Waals surface area contributed by atoms with E-state index in [1.165, 1.54) is 353 Å². The maximum atomic E-state index is 12.9. The van der Waals surface area contributed by atoms with Crippen molar-refractivity contribution in [1.82, 2.24) is 0 Å². The second-order valence-corrected chi connectivity index (χ2v) is 29.2. The molecule has 10 heteroatoms. The Bertz CT molecular complexity index is 1390. The fraction of sp³-hybridized carbons (Fsp3) is 0.973. The summed E-state index contributed by atoms with van der Waals surface area (Å²) in [5.74, 6) is -0.802. The Morgan fingerprint density at radius 1 is 0.318 bits per heavy atom. The van der Waals surface area contributed by atoms with E-state index in [9.17, 15) is 19.0 Å². The Morgan fingerprint density at radius 3 is 0.753 bits per heavy atom. The summed E-state index contributed by atoms with van der Waals surface area (Å²) < 4.78 is 34.4. The van der Waals surface area contributed by atoms with Gasteiger partial charge >= 0.3 is 11.9 Å². The molecule has 0 bridgehead atoms. The average Bonchev–Trinajstić information content (AvgIpc) is 3.50. The molecule has 0 saturated heterocycles. The number of rotatable bonds is 73. The maximum Gasteiger partial charge on any atom is 0.306 e. The molecule has 0 heterocycles. The number of likely N-dealkylation sites (N-methyl/N-ethyl adjacent to an activating group) is 1. The third-order valence-corrected chi connectivity index (χ3v) is 18.8. The molecule has 0 aliphatic carbocycles. The largest absolute Gasteiger partial charge is 0.756 e. The van der Waals surface area contributed by atoms with Crippen LogP contribution in [0, 0.1) is 0 Å². The normalized spacial score (nSPS) is 13.0. The molecule has 0 saturated carbocycles. The highest BCUT2D eigenvalue weighted by molar-refractivity contribution is 7.45. The zero-order chi connectivity index (χ0) is 61.9. The molecule has 9 nitrogen and oxygen atoms in total. The quantitative estimate of drug-likeness (QED) is 0.0256. The number of ether oxygens (including phenoxy) is 2. The number of nitrogens with zero attached hydrogens (tertiary/aromatic N) is 1. The van der Waals surface area contributed by atoms with Gasteiger partial charge in [0.25, 0.3) is 7.82 Å². The first-order valence-corrected chi connectivity index (χ1v) is 39.7. The Hall–Kier alpha value is -0.990. The number of unbranched alkanes of at least 4 members (excludes halogenated alkanes) is 59. The van der Waals surface area contributed by atoms with E-state index < -0.39 is 26.5 Å². The summed E-state index contributed by atoms with van der Waals surface area (Å²) in [6.45, 7) is 4.34. The van der Waals surface area contributed by atoms with Crippen LogP contribution in [0.3, 0.4) is 0 Å². The van der Waals surface area contributed by atoms with Crippen molar-refractivity contribution in [2.45, 2.75) is 424 Å². The van der Waals surface area contributed by atoms with E-state index in [2.05, 4.69) is 13.8 Å². The van der Waals surface area contributed by atoms with Crippen LogP contribution in [-0.2, 0) is 32.7 Å². The highest BCUT2D eigenvalue weighted by Gasteiger charge is 2.22. The Labute approximate surface area is 531 Å².